The summed E-state index contributed by atoms with van der Waals surface area (Å²) in [4.78, 5) is 26.9. The van der Waals surface area contributed by atoms with Gasteiger partial charge in [0, 0.05) is 23.1 Å². The van der Waals surface area contributed by atoms with Crippen LogP contribution in [0.25, 0.3) is 0 Å². The van der Waals surface area contributed by atoms with Gasteiger partial charge in [0.05, 0.1) is 5.69 Å². The summed E-state index contributed by atoms with van der Waals surface area (Å²) in [5.74, 6) is 0.372. The maximum atomic E-state index is 12.8. The van der Waals surface area contributed by atoms with Crippen LogP contribution in [-0.4, -0.2) is 24.0 Å². The van der Waals surface area contributed by atoms with Crippen molar-refractivity contribution < 1.29 is 14.3 Å². The summed E-state index contributed by atoms with van der Waals surface area (Å²) >= 11 is 3.46. The molecule has 6 heteroatoms. The number of carbonyl (C=O) groups excluding carboxylic acids is 2. The van der Waals surface area contributed by atoms with E-state index in [1.54, 1.807) is 18.7 Å². The van der Waals surface area contributed by atoms with Crippen molar-refractivity contribution in [2.75, 3.05) is 16.8 Å². The molecule has 5 nitrogen and oxygen atoms in total. The molecule has 0 radical (unpaired) electrons. The van der Waals surface area contributed by atoms with E-state index in [0.717, 1.165) is 21.3 Å². The minimum atomic E-state index is -0.958. The summed E-state index contributed by atoms with van der Waals surface area (Å²) in [6.07, 6.45) is 0.195. The fourth-order valence-electron chi connectivity index (χ4n) is 3.01. The van der Waals surface area contributed by atoms with Crippen LogP contribution in [0.15, 0.2) is 40.9 Å². The normalized spacial score (nSPS) is 15.1. The number of nitrogens with zero attached hydrogens (tertiary/aromatic N) is 1. The van der Waals surface area contributed by atoms with Crippen molar-refractivity contribution in [1.82, 2.24) is 0 Å². The Balaban J connectivity index is 1.74. The lowest BCUT2D eigenvalue weighted by Crippen LogP contribution is -2.53. The Labute approximate surface area is 167 Å². The van der Waals surface area contributed by atoms with E-state index >= 15 is 0 Å². The number of amides is 2. The van der Waals surface area contributed by atoms with Gasteiger partial charge in [-0.3, -0.25) is 9.59 Å². The van der Waals surface area contributed by atoms with Crippen LogP contribution in [0.5, 0.6) is 5.75 Å². The largest absolute Gasteiger partial charge is 0.476 e. The average molecular weight is 431 g/mol. The fraction of sp³-hybridized carbons (Fsp3) is 0.333. The highest BCUT2D eigenvalue weighted by molar-refractivity contribution is 9.10. The summed E-state index contributed by atoms with van der Waals surface area (Å²) in [5, 5.41) is 2.88. The first-order valence-corrected chi connectivity index (χ1v) is 9.64. The quantitative estimate of drug-likeness (QED) is 0.770. The molecule has 2 aromatic rings. The minimum Gasteiger partial charge on any atom is -0.476 e. The van der Waals surface area contributed by atoms with Crippen LogP contribution < -0.4 is 15.0 Å². The van der Waals surface area contributed by atoms with Crippen molar-refractivity contribution in [3.63, 3.8) is 0 Å². The number of carbonyl (C=O) groups is 2. The van der Waals surface area contributed by atoms with E-state index in [9.17, 15) is 9.59 Å². The number of benzene rings is 2. The van der Waals surface area contributed by atoms with Gasteiger partial charge in [-0.1, -0.05) is 28.1 Å². The van der Waals surface area contributed by atoms with Gasteiger partial charge in [-0.15, -0.1) is 0 Å². The molecule has 142 valence electrons. The van der Waals surface area contributed by atoms with E-state index in [-0.39, 0.29) is 18.2 Å². The van der Waals surface area contributed by atoms with Crippen LogP contribution in [0.2, 0.25) is 0 Å². The Morgan fingerprint density at radius 2 is 1.93 bits per heavy atom. The van der Waals surface area contributed by atoms with Gasteiger partial charge >= 0.3 is 0 Å². The lowest BCUT2D eigenvalue weighted by Gasteiger charge is -2.38. The lowest BCUT2D eigenvalue weighted by molar-refractivity contribution is -0.132. The summed E-state index contributed by atoms with van der Waals surface area (Å²) in [5.41, 5.74) is 2.61. The molecule has 3 rings (SSSR count). The summed E-state index contributed by atoms with van der Waals surface area (Å²) in [6, 6.07) is 11.4. The Hall–Kier alpha value is -2.34. The van der Waals surface area contributed by atoms with Gasteiger partial charge < -0.3 is 15.0 Å². The monoisotopic (exact) mass is 430 g/mol. The van der Waals surface area contributed by atoms with Crippen molar-refractivity contribution >= 4 is 39.1 Å². The number of anilines is 2. The Morgan fingerprint density at radius 1 is 1.19 bits per heavy atom. The molecule has 0 aliphatic carbocycles. The third kappa shape index (κ3) is 4.16. The second-order valence-corrected chi connectivity index (χ2v) is 8.16. The third-order valence-corrected chi connectivity index (χ3v) is 5.40. The molecule has 2 amide bonds. The van der Waals surface area contributed by atoms with Gasteiger partial charge in [0.25, 0.3) is 5.91 Å². The van der Waals surface area contributed by atoms with Crippen molar-refractivity contribution in [2.24, 2.45) is 0 Å². The maximum Gasteiger partial charge on any atom is 0.270 e. The fourth-order valence-corrected chi connectivity index (χ4v) is 3.39. The maximum absolute atomic E-state index is 12.8. The first-order valence-electron chi connectivity index (χ1n) is 8.85. The molecule has 0 fully saturated rings. The molecule has 0 spiro atoms. The minimum absolute atomic E-state index is 0.142. The molecule has 1 aliphatic rings. The Kier molecular flexibility index (Phi) is 5.29. The molecule has 0 atom stereocenters. The molecule has 0 bridgehead atoms. The molecule has 0 saturated heterocycles. The zero-order valence-electron chi connectivity index (χ0n) is 15.9. The van der Waals surface area contributed by atoms with E-state index in [1.807, 2.05) is 50.2 Å². The number of hydrogen-bond acceptors (Lipinski definition) is 3. The van der Waals surface area contributed by atoms with E-state index in [1.165, 1.54) is 0 Å². The van der Waals surface area contributed by atoms with E-state index in [2.05, 4.69) is 21.2 Å². The highest BCUT2D eigenvalue weighted by atomic mass is 79.9. The van der Waals surface area contributed by atoms with Gasteiger partial charge in [-0.25, -0.2) is 0 Å². The number of rotatable bonds is 4. The zero-order valence-corrected chi connectivity index (χ0v) is 17.5. The first-order chi connectivity index (χ1) is 12.7. The van der Waals surface area contributed by atoms with Gasteiger partial charge in [-0.05, 0) is 63.1 Å². The van der Waals surface area contributed by atoms with Crippen LogP contribution in [0.1, 0.15) is 31.4 Å². The number of halogens is 1. The molecular formula is C21H23BrN2O3. The van der Waals surface area contributed by atoms with Crippen LogP contribution in [-0.2, 0) is 9.59 Å². The summed E-state index contributed by atoms with van der Waals surface area (Å²) in [7, 11) is 0. The molecule has 2 aromatic carbocycles. The standard InChI is InChI=1S/C21H23BrN2O3/c1-13-5-8-18-17(11-13)24(20(26)21(3,4)27-18)10-9-19(25)23-15-7-6-14(2)16(22)12-15/h5-8,11-12H,9-10H2,1-4H3,(H,23,25). The third-order valence-electron chi connectivity index (χ3n) is 4.55. The SMILES string of the molecule is Cc1ccc2c(c1)N(CCC(=O)Nc1ccc(C)c(Br)c1)C(=O)C(C)(C)O2. The predicted octanol–water partition coefficient (Wildman–Crippen LogP) is 4.60. The molecule has 0 aromatic heterocycles. The molecule has 1 N–H and O–H groups in total. The highest BCUT2D eigenvalue weighted by Crippen LogP contribution is 2.38. The van der Waals surface area contributed by atoms with Crippen LogP contribution in [0, 0.1) is 13.8 Å². The number of nitrogens with one attached hydrogen (secondary N) is 1. The van der Waals surface area contributed by atoms with E-state index < -0.39 is 5.60 Å². The molecular weight excluding hydrogens is 408 g/mol. The van der Waals surface area contributed by atoms with Gasteiger partial charge in [0.15, 0.2) is 5.60 Å². The van der Waals surface area contributed by atoms with Crippen molar-refractivity contribution in [1.29, 1.82) is 0 Å². The number of hydrogen-bond donors (Lipinski definition) is 1. The van der Waals surface area contributed by atoms with E-state index in [0.29, 0.717) is 18.0 Å². The van der Waals surface area contributed by atoms with Gasteiger partial charge in [0.1, 0.15) is 5.75 Å². The highest BCUT2D eigenvalue weighted by Gasteiger charge is 2.40. The predicted molar refractivity (Wildman–Crippen MR) is 110 cm³/mol. The number of aryl methyl sites for hydroxylation is 2. The molecule has 27 heavy (non-hydrogen) atoms. The summed E-state index contributed by atoms with van der Waals surface area (Å²) in [6.45, 7) is 7.73. The summed E-state index contributed by atoms with van der Waals surface area (Å²) < 4.78 is 6.79. The number of fused-ring (bicyclic) bond motifs is 1. The van der Waals surface area contributed by atoms with Crippen LogP contribution in [0.4, 0.5) is 11.4 Å². The number of ether oxygens (including phenoxy) is 1. The van der Waals surface area contributed by atoms with E-state index in [4.69, 9.17) is 4.74 Å². The average Bonchev–Trinajstić information content (AvgIpc) is 2.59. The molecule has 1 heterocycles. The van der Waals surface area contributed by atoms with Gasteiger partial charge in [0.2, 0.25) is 5.91 Å². The van der Waals surface area contributed by atoms with Crippen molar-refractivity contribution in [3.05, 3.63) is 52.0 Å². The lowest BCUT2D eigenvalue weighted by atomic mass is 10.0. The smallest absolute Gasteiger partial charge is 0.270 e. The van der Waals surface area contributed by atoms with Crippen molar-refractivity contribution in [2.45, 2.75) is 39.7 Å². The molecule has 0 unspecified atom stereocenters. The molecule has 0 saturated carbocycles. The second-order valence-electron chi connectivity index (χ2n) is 7.30. The topological polar surface area (TPSA) is 58.6 Å². The van der Waals surface area contributed by atoms with Crippen LogP contribution >= 0.6 is 15.9 Å². The van der Waals surface area contributed by atoms with Crippen LogP contribution in [0.3, 0.4) is 0 Å². The Bertz CT molecular complexity index is 908. The zero-order chi connectivity index (χ0) is 19.8. The first kappa shape index (κ1) is 19.4. The van der Waals surface area contributed by atoms with Crippen molar-refractivity contribution in [3.8, 4) is 5.75 Å². The second kappa shape index (κ2) is 7.35. The molecule has 1 aliphatic heterocycles. The van der Waals surface area contributed by atoms with Gasteiger partial charge in [-0.2, -0.15) is 0 Å². The Morgan fingerprint density at radius 3 is 2.63 bits per heavy atom.